The zero-order chi connectivity index (χ0) is 16.1. The number of aromatic nitrogens is 3. The Labute approximate surface area is 148 Å². The lowest BCUT2D eigenvalue weighted by atomic mass is 10.3. The molecule has 0 saturated carbocycles. The number of rotatable bonds is 5. The van der Waals surface area contributed by atoms with E-state index in [0.717, 1.165) is 37.6 Å². The van der Waals surface area contributed by atoms with E-state index in [2.05, 4.69) is 15.5 Å². The maximum atomic E-state index is 12.2. The van der Waals surface area contributed by atoms with Crippen molar-refractivity contribution in [1.29, 1.82) is 0 Å². The van der Waals surface area contributed by atoms with Crippen LogP contribution in [-0.4, -0.2) is 70.5 Å². The minimum Gasteiger partial charge on any atom is -0.339 e. The minimum absolute atomic E-state index is 0. The van der Waals surface area contributed by atoms with Gasteiger partial charge in [0.2, 0.25) is 5.91 Å². The third-order valence-electron chi connectivity index (χ3n) is 3.83. The number of likely N-dealkylation sites (N-methyl/N-ethyl adjacent to an activating group) is 1. The third-order valence-corrected chi connectivity index (χ3v) is 3.83. The van der Waals surface area contributed by atoms with Gasteiger partial charge in [0.25, 0.3) is 0 Å². The molecule has 0 unspecified atom stereocenters. The van der Waals surface area contributed by atoms with E-state index >= 15 is 0 Å². The molecule has 8 heteroatoms. The summed E-state index contributed by atoms with van der Waals surface area (Å²) in [6.45, 7) is 4.33. The number of carbonyl (C=O) groups excluding carboxylic acids is 1. The van der Waals surface area contributed by atoms with Gasteiger partial charge >= 0.3 is 0 Å². The quantitative estimate of drug-likeness (QED) is 0.853. The molecule has 3 rings (SSSR count). The van der Waals surface area contributed by atoms with E-state index in [-0.39, 0.29) is 18.3 Å². The van der Waals surface area contributed by atoms with Gasteiger partial charge in [0, 0.05) is 32.7 Å². The Morgan fingerprint density at radius 2 is 1.96 bits per heavy atom. The van der Waals surface area contributed by atoms with Crippen molar-refractivity contribution in [3.8, 4) is 5.69 Å². The average molecular weight is 351 g/mol. The summed E-state index contributed by atoms with van der Waals surface area (Å²) in [5.41, 5.74) is 1.78. The molecule has 2 heterocycles. The fourth-order valence-corrected chi connectivity index (χ4v) is 2.63. The lowest BCUT2D eigenvalue weighted by Crippen LogP contribution is -2.49. The van der Waals surface area contributed by atoms with Crippen LogP contribution < -0.4 is 5.32 Å². The van der Waals surface area contributed by atoms with Crippen LogP contribution >= 0.6 is 12.4 Å². The molecule has 0 aliphatic carbocycles. The Hall–Kier alpha value is -1.96. The molecule has 1 fully saturated rings. The standard InChI is InChI=1S/C16H22N6O.ClH/c1-20(13-16(23)21-9-7-17-8-10-21)12-14-11-18-22(19-14)15-5-3-2-4-6-15;/h2-6,11,17H,7-10,12-13H2,1H3;1H. The van der Waals surface area contributed by atoms with Crippen LogP contribution in [0, 0.1) is 0 Å². The van der Waals surface area contributed by atoms with Crippen LogP contribution in [0.3, 0.4) is 0 Å². The van der Waals surface area contributed by atoms with Crippen molar-refractivity contribution < 1.29 is 4.79 Å². The third kappa shape index (κ3) is 4.77. The number of nitrogens with zero attached hydrogens (tertiary/aromatic N) is 5. The highest BCUT2D eigenvalue weighted by atomic mass is 35.5. The molecule has 0 radical (unpaired) electrons. The topological polar surface area (TPSA) is 66.3 Å². The molecule has 0 atom stereocenters. The van der Waals surface area contributed by atoms with Crippen LogP contribution in [0.15, 0.2) is 36.5 Å². The van der Waals surface area contributed by atoms with E-state index in [1.807, 2.05) is 47.2 Å². The summed E-state index contributed by atoms with van der Waals surface area (Å²) in [6.07, 6.45) is 1.75. The highest BCUT2D eigenvalue weighted by Crippen LogP contribution is 2.06. The predicted octanol–water partition coefficient (Wildman–Crippen LogP) is 0.553. The maximum absolute atomic E-state index is 12.2. The first-order valence-corrected chi connectivity index (χ1v) is 7.86. The highest BCUT2D eigenvalue weighted by Gasteiger charge is 2.18. The zero-order valence-corrected chi connectivity index (χ0v) is 14.6. The van der Waals surface area contributed by atoms with E-state index in [0.29, 0.717) is 13.1 Å². The smallest absolute Gasteiger partial charge is 0.236 e. The van der Waals surface area contributed by atoms with Gasteiger partial charge in [0.1, 0.15) is 0 Å². The number of piperazine rings is 1. The molecule has 1 saturated heterocycles. The molecular weight excluding hydrogens is 328 g/mol. The molecule has 1 amide bonds. The number of nitrogens with one attached hydrogen (secondary N) is 1. The molecule has 2 aromatic rings. The van der Waals surface area contributed by atoms with E-state index < -0.39 is 0 Å². The number of halogens is 1. The van der Waals surface area contributed by atoms with Gasteiger partial charge in [-0.05, 0) is 19.2 Å². The van der Waals surface area contributed by atoms with Crippen LogP contribution in [0.25, 0.3) is 5.69 Å². The van der Waals surface area contributed by atoms with Gasteiger partial charge in [-0.3, -0.25) is 9.69 Å². The number of carbonyl (C=O) groups is 1. The Morgan fingerprint density at radius 1 is 1.25 bits per heavy atom. The van der Waals surface area contributed by atoms with E-state index in [1.165, 1.54) is 0 Å². The first kappa shape index (κ1) is 18.4. The van der Waals surface area contributed by atoms with E-state index in [4.69, 9.17) is 0 Å². The molecule has 7 nitrogen and oxygen atoms in total. The zero-order valence-electron chi connectivity index (χ0n) is 13.8. The highest BCUT2D eigenvalue weighted by molar-refractivity contribution is 5.85. The predicted molar refractivity (Wildman–Crippen MR) is 94.4 cm³/mol. The van der Waals surface area contributed by atoms with Crippen LogP contribution in [-0.2, 0) is 11.3 Å². The maximum Gasteiger partial charge on any atom is 0.236 e. The second-order valence-electron chi connectivity index (χ2n) is 5.76. The Kier molecular flexibility index (Phi) is 6.72. The largest absolute Gasteiger partial charge is 0.339 e. The van der Waals surface area contributed by atoms with Crippen LogP contribution in [0.4, 0.5) is 0 Å². The molecule has 1 N–H and O–H groups in total. The molecule has 130 valence electrons. The first-order valence-electron chi connectivity index (χ1n) is 7.86. The van der Waals surface area contributed by atoms with Gasteiger partial charge in [-0.15, -0.1) is 12.4 Å². The molecule has 1 aromatic heterocycles. The average Bonchev–Trinajstić information content (AvgIpc) is 3.04. The van der Waals surface area contributed by atoms with Crippen molar-refractivity contribution >= 4 is 18.3 Å². The fraction of sp³-hybridized carbons (Fsp3) is 0.438. The summed E-state index contributed by atoms with van der Waals surface area (Å²) >= 11 is 0. The Bertz CT molecular complexity index is 641. The summed E-state index contributed by atoms with van der Waals surface area (Å²) in [6, 6.07) is 9.79. The van der Waals surface area contributed by atoms with Crippen molar-refractivity contribution in [2.24, 2.45) is 0 Å². The van der Waals surface area contributed by atoms with Gasteiger partial charge in [-0.25, -0.2) is 0 Å². The number of amides is 1. The fourth-order valence-electron chi connectivity index (χ4n) is 2.63. The van der Waals surface area contributed by atoms with Crippen LogP contribution in [0.5, 0.6) is 0 Å². The number of para-hydroxylation sites is 1. The summed E-state index contributed by atoms with van der Waals surface area (Å²) in [5.74, 6) is 0.171. The number of hydrogen-bond acceptors (Lipinski definition) is 5. The van der Waals surface area contributed by atoms with Crippen molar-refractivity contribution in [2.45, 2.75) is 6.54 Å². The molecular formula is C16H23ClN6O. The van der Waals surface area contributed by atoms with Crippen molar-refractivity contribution in [2.75, 3.05) is 39.8 Å². The second-order valence-corrected chi connectivity index (χ2v) is 5.76. The molecule has 1 aliphatic heterocycles. The monoisotopic (exact) mass is 350 g/mol. The Morgan fingerprint density at radius 3 is 2.67 bits per heavy atom. The van der Waals surface area contributed by atoms with Crippen LogP contribution in [0.1, 0.15) is 5.69 Å². The van der Waals surface area contributed by atoms with Crippen molar-refractivity contribution in [1.82, 2.24) is 30.1 Å². The van der Waals surface area contributed by atoms with Crippen molar-refractivity contribution in [3.05, 3.63) is 42.2 Å². The lowest BCUT2D eigenvalue weighted by molar-refractivity contribution is -0.132. The van der Waals surface area contributed by atoms with Gasteiger partial charge < -0.3 is 10.2 Å². The first-order chi connectivity index (χ1) is 11.2. The lowest BCUT2D eigenvalue weighted by Gasteiger charge is -2.29. The molecule has 1 aliphatic rings. The van der Waals surface area contributed by atoms with E-state index in [1.54, 1.807) is 11.0 Å². The SMILES string of the molecule is CN(CC(=O)N1CCNCC1)Cc1cnn(-c2ccccc2)n1.Cl. The Balaban J connectivity index is 0.00000208. The molecule has 0 spiro atoms. The van der Waals surface area contributed by atoms with Gasteiger partial charge in [0.15, 0.2) is 0 Å². The van der Waals surface area contributed by atoms with Crippen LogP contribution in [0.2, 0.25) is 0 Å². The second kappa shape index (κ2) is 8.77. The van der Waals surface area contributed by atoms with Crippen molar-refractivity contribution in [3.63, 3.8) is 0 Å². The molecule has 1 aromatic carbocycles. The van der Waals surface area contributed by atoms with Gasteiger partial charge in [-0.2, -0.15) is 15.0 Å². The number of benzene rings is 1. The summed E-state index contributed by atoms with van der Waals surface area (Å²) in [4.78, 5) is 17.7. The summed E-state index contributed by atoms with van der Waals surface area (Å²) < 4.78 is 0. The minimum atomic E-state index is 0. The molecule has 0 bridgehead atoms. The summed E-state index contributed by atoms with van der Waals surface area (Å²) in [7, 11) is 1.93. The van der Waals surface area contributed by atoms with Gasteiger partial charge in [0.05, 0.1) is 24.1 Å². The van der Waals surface area contributed by atoms with E-state index in [9.17, 15) is 4.79 Å². The summed E-state index contributed by atoms with van der Waals surface area (Å²) in [5, 5.41) is 12.0. The molecule has 24 heavy (non-hydrogen) atoms. The van der Waals surface area contributed by atoms with Gasteiger partial charge in [-0.1, -0.05) is 18.2 Å². The number of hydrogen-bond donors (Lipinski definition) is 1. The normalized spacial score (nSPS) is 14.5.